The van der Waals surface area contributed by atoms with Gasteiger partial charge in [-0.1, -0.05) is 36.4 Å². The van der Waals surface area contributed by atoms with Crippen LogP contribution in [0, 0.1) is 12.8 Å². The van der Waals surface area contributed by atoms with E-state index in [0.717, 1.165) is 26.4 Å². The van der Waals surface area contributed by atoms with Gasteiger partial charge in [0.05, 0.1) is 54.8 Å². The quantitative estimate of drug-likeness (QED) is 0.167. The number of fused-ring (bicyclic) bond motifs is 5. The number of hydrogen-bond acceptors (Lipinski definition) is 16. The van der Waals surface area contributed by atoms with Gasteiger partial charge in [-0.15, -0.1) is 0 Å². The highest BCUT2D eigenvalue weighted by Crippen LogP contribution is 2.57. The summed E-state index contributed by atoms with van der Waals surface area (Å²) in [5.74, 6) is -7.87. The van der Waals surface area contributed by atoms with Crippen molar-refractivity contribution in [2.75, 3.05) is 27.9 Å². The number of aryl methyl sites for hydroxylation is 1. The van der Waals surface area contributed by atoms with Gasteiger partial charge in [-0.25, -0.2) is 4.79 Å². The number of ether oxygens (including phenoxy) is 5. The molecule has 0 radical (unpaired) electrons. The van der Waals surface area contributed by atoms with Gasteiger partial charge in [0.25, 0.3) is 0 Å². The van der Waals surface area contributed by atoms with E-state index in [1.807, 2.05) is 0 Å². The Kier molecular flexibility index (Phi) is 10.2. The predicted octanol–water partition coefficient (Wildman–Crippen LogP) is 1.22. The van der Waals surface area contributed by atoms with Gasteiger partial charge in [-0.2, -0.15) is 0 Å². The molecule has 1 heterocycles. The van der Waals surface area contributed by atoms with Crippen LogP contribution in [0.1, 0.15) is 81.0 Å². The van der Waals surface area contributed by atoms with E-state index in [2.05, 4.69) is 5.32 Å². The molecule has 7 rings (SSSR count). The number of allylic oxidation sites excluding steroid dienone is 2. The minimum atomic E-state index is -3.17. The molecule has 0 saturated carbocycles. The molecule has 1 aliphatic heterocycles. The molecule has 300 valence electrons. The molecule has 3 aromatic rings. The van der Waals surface area contributed by atoms with Gasteiger partial charge in [-0.3, -0.25) is 19.2 Å². The zero-order valence-corrected chi connectivity index (χ0v) is 31.5. The van der Waals surface area contributed by atoms with Crippen molar-refractivity contribution in [1.29, 1.82) is 0 Å². The van der Waals surface area contributed by atoms with Crippen molar-refractivity contribution >= 4 is 29.1 Å². The topological polar surface area (TPSA) is 245 Å². The maximum absolute atomic E-state index is 15.1. The lowest BCUT2D eigenvalue weighted by Gasteiger charge is -2.53. The van der Waals surface area contributed by atoms with E-state index in [9.17, 15) is 44.7 Å². The Morgan fingerprint density at radius 1 is 1.00 bits per heavy atom. The number of carbonyl (C=O) groups is 5. The summed E-state index contributed by atoms with van der Waals surface area (Å²) in [6.07, 6.45) is -5.52. The Labute approximate surface area is 325 Å². The average Bonchev–Trinajstić information content (AvgIpc) is 3.18. The third kappa shape index (κ3) is 5.66. The molecule has 16 heteroatoms. The molecule has 0 unspecified atom stereocenters. The van der Waals surface area contributed by atoms with Crippen LogP contribution in [0.2, 0.25) is 0 Å². The van der Waals surface area contributed by atoms with E-state index >= 15 is 4.79 Å². The fourth-order valence-electron chi connectivity index (χ4n) is 8.74. The summed E-state index contributed by atoms with van der Waals surface area (Å²) >= 11 is 0. The summed E-state index contributed by atoms with van der Waals surface area (Å²) in [6.45, 7) is 2.37. The van der Waals surface area contributed by atoms with Crippen LogP contribution in [-0.2, 0) is 37.6 Å². The smallest absolute Gasteiger partial charge is 0.341 e. The number of hydrogen-bond donors (Lipinski definition) is 6. The first kappa shape index (κ1) is 39.9. The van der Waals surface area contributed by atoms with Crippen LogP contribution in [0.3, 0.4) is 0 Å². The SMILES string of the molecule is COC(=O)c1c(C)cc2c(c1OCc1ccccc1)[C@]1(O)C(=O)c3cc4c(c(O)c3C(=O)[C@]1(OC)[C@H](O)C2)C(=O)C=C(N[C@H]1O[C@@H](C)[C@H](OC)[C@@H](O)[C@H]1CO)C4=O. The normalized spacial score (nSPS) is 29.1. The standard InChI is InChI=1S/C41H41NO15/c1-17-11-20-12-26(45)41(55-5)37(50)29-22(36(49)40(41,52)30(20)35(27(17)39(51)54-4)56-16-19-9-7-6-8-10-19)13-21-28(33(29)48)25(44)14-24(31(21)46)42-38-23(15-43)32(47)34(53-3)18(2)57-38/h6-11,13-14,18,23,26,32,34,38,42-43,45,47-48,52H,12,15-16H2,1-5H3/t18-,23+,26+,32-,34-,38-,40-,41+/m0/s1. The molecule has 0 aromatic heterocycles. The van der Waals surface area contributed by atoms with Crippen molar-refractivity contribution < 1.29 is 73.2 Å². The number of aliphatic hydroxyl groups excluding tert-OH is 3. The second-order valence-corrected chi connectivity index (χ2v) is 14.5. The fourth-order valence-corrected chi connectivity index (χ4v) is 8.74. The second-order valence-electron chi connectivity index (χ2n) is 14.5. The van der Waals surface area contributed by atoms with Crippen LogP contribution in [0.15, 0.2) is 54.2 Å². The number of carbonyl (C=O) groups excluding carboxylic acids is 5. The summed E-state index contributed by atoms with van der Waals surface area (Å²) in [5, 5.41) is 60.2. The molecule has 57 heavy (non-hydrogen) atoms. The Balaban J connectivity index is 1.39. The van der Waals surface area contributed by atoms with Crippen LogP contribution in [0.5, 0.6) is 11.5 Å². The number of rotatable bonds is 9. The zero-order chi connectivity index (χ0) is 41.3. The number of phenolic OH excluding ortho intramolecular Hbond substituents is 1. The Morgan fingerprint density at radius 3 is 2.33 bits per heavy atom. The number of ketones is 4. The van der Waals surface area contributed by atoms with Gasteiger partial charge < -0.3 is 54.5 Å². The lowest BCUT2D eigenvalue weighted by molar-refractivity contribution is -0.214. The summed E-state index contributed by atoms with van der Waals surface area (Å²) in [7, 11) is 3.45. The molecule has 6 N–H and O–H groups in total. The van der Waals surface area contributed by atoms with E-state index in [4.69, 9.17) is 23.7 Å². The molecule has 0 amide bonds. The van der Waals surface area contributed by atoms with Gasteiger partial charge in [0.2, 0.25) is 17.3 Å². The summed E-state index contributed by atoms with van der Waals surface area (Å²) in [5.41, 5.74) is -8.61. The molecule has 4 aliphatic rings. The second kappa shape index (κ2) is 14.6. The molecule has 3 aromatic carbocycles. The van der Waals surface area contributed by atoms with Crippen LogP contribution >= 0.6 is 0 Å². The largest absolute Gasteiger partial charge is 0.506 e. The van der Waals surface area contributed by atoms with Crippen molar-refractivity contribution in [2.24, 2.45) is 5.92 Å². The van der Waals surface area contributed by atoms with Gasteiger partial charge in [0, 0.05) is 43.4 Å². The van der Waals surface area contributed by atoms with E-state index in [0.29, 0.717) is 11.1 Å². The number of phenols is 1. The van der Waals surface area contributed by atoms with E-state index in [1.165, 1.54) is 13.2 Å². The number of benzene rings is 3. The maximum Gasteiger partial charge on any atom is 0.341 e. The van der Waals surface area contributed by atoms with Gasteiger partial charge in [0.1, 0.15) is 36.0 Å². The van der Waals surface area contributed by atoms with Gasteiger partial charge in [0.15, 0.2) is 17.0 Å². The van der Waals surface area contributed by atoms with Crippen molar-refractivity contribution in [2.45, 2.75) is 68.7 Å². The number of aromatic hydroxyl groups is 1. The minimum Gasteiger partial charge on any atom is -0.506 e. The Hall–Kier alpha value is -5.33. The predicted molar refractivity (Wildman–Crippen MR) is 195 cm³/mol. The number of nitrogens with one attached hydrogen (secondary N) is 1. The molecule has 0 bridgehead atoms. The lowest BCUT2D eigenvalue weighted by Crippen LogP contribution is -2.73. The van der Waals surface area contributed by atoms with Crippen LogP contribution in [-0.4, -0.2) is 119 Å². The van der Waals surface area contributed by atoms with Crippen LogP contribution in [0.4, 0.5) is 0 Å². The number of esters is 1. The van der Waals surface area contributed by atoms with Gasteiger partial charge >= 0.3 is 5.97 Å². The summed E-state index contributed by atoms with van der Waals surface area (Å²) in [6, 6.07) is 11.1. The van der Waals surface area contributed by atoms with Crippen LogP contribution in [0.25, 0.3) is 0 Å². The van der Waals surface area contributed by atoms with Gasteiger partial charge in [-0.05, 0) is 36.6 Å². The Morgan fingerprint density at radius 2 is 1.70 bits per heavy atom. The first-order chi connectivity index (χ1) is 27.1. The summed E-state index contributed by atoms with van der Waals surface area (Å²) in [4.78, 5) is 71.1. The lowest BCUT2D eigenvalue weighted by atomic mass is 9.56. The van der Waals surface area contributed by atoms with Crippen molar-refractivity contribution in [3.8, 4) is 11.5 Å². The number of methoxy groups -OCH3 is 3. The van der Waals surface area contributed by atoms with E-state index < -0.39 is 124 Å². The molecule has 16 nitrogen and oxygen atoms in total. The highest BCUT2D eigenvalue weighted by molar-refractivity contribution is 6.31. The third-order valence-electron chi connectivity index (χ3n) is 11.5. The number of Topliss-reactive ketones (excluding diaryl/α,β-unsaturated/α-hetero) is 3. The van der Waals surface area contributed by atoms with Crippen molar-refractivity contribution in [3.63, 3.8) is 0 Å². The first-order valence-electron chi connectivity index (χ1n) is 18.0. The third-order valence-corrected chi connectivity index (χ3v) is 11.5. The molecular weight excluding hydrogens is 746 g/mol. The average molecular weight is 788 g/mol. The molecular formula is C41H41NO15. The fraction of sp³-hybridized carbons (Fsp3) is 0.390. The molecule has 0 spiro atoms. The van der Waals surface area contributed by atoms with Crippen molar-refractivity contribution in [1.82, 2.24) is 5.32 Å². The van der Waals surface area contributed by atoms with E-state index in [1.54, 1.807) is 44.2 Å². The van der Waals surface area contributed by atoms with Crippen LogP contribution < -0.4 is 10.1 Å². The number of aliphatic hydroxyl groups is 4. The minimum absolute atomic E-state index is 0.122. The summed E-state index contributed by atoms with van der Waals surface area (Å²) < 4.78 is 28.2. The highest BCUT2D eigenvalue weighted by Gasteiger charge is 2.73. The molecule has 1 fully saturated rings. The molecule has 1 saturated heterocycles. The highest BCUT2D eigenvalue weighted by atomic mass is 16.6. The zero-order valence-electron chi connectivity index (χ0n) is 31.5. The maximum atomic E-state index is 15.1. The Bertz CT molecular complexity index is 2250. The first-order valence-corrected chi connectivity index (χ1v) is 18.0. The van der Waals surface area contributed by atoms with Crippen molar-refractivity contribution in [3.05, 3.63) is 104 Å². The monoisotopic (exact) mass is 787 g/mol. The van der Waals surface area contributed by atoms with E-state index in [-0.39, 0.29) is 29.0 Å². The molecule has 8 atom stereocenters. The molecule has 3 aliphatic carbocycles.